The van der Waals surface area contributed by atoms with Gasteiger partial charge < -0.3 is 45.1 Å². The summed E-state index contributed by atoms with van der Waals surface area (Å²) in [5.74, 6) is -0.270. The van der Waals surface area contributed by atoms with Crippen molar-refractivity contribution >= 4 is 11.9 Å². The van der Waals surface area contributed by atoms with E-state index in [0.29, 0.717) is 19.4 Å². The summed E-state index contributed by atoms with van der Waals surface area (Å²) >= 11 is 0. The summed E-state index contributed by atoms with van der Waals surface area (Å²) in [4.78, 5) is 25.0. The van der Waals surface area contributed by atoms with Crippen LogP contribution >= 0.6 is 0 Å². The van der Waals surface area contributed by atoms with Gasteiger partial charge in [-0.15, -0.1) is 0 Å². The molecule has 75 heavy (non-hydrogen) atoms. The molecular weight excluding hydrogens is 943 g/mol. The van der Waals surface area contributed by atoms with Crippen molar-refractivity contribution < 1.29 is 49.3 Å². The molecule has 0 aliphatic carbocycles. The van der Waals surface area contributed by atoms with Crippen molar-refractivity contribution in [3.63, 3.8) is 0 Å². The van der Waals surface area contributed by atoms with Gasteiger partial charge in [0.15, 0.2) is 6.29 Å². The third-order valence-electron chi connectivity index (χ3n) is 13.7. The fraction of sp³-hybridized carbons (Fsp3) is 0.750. The maximum absolute atomic E-state index is 13.0. The lowest BCUT2D eigenvalue weighted by atomic mass is 9.99. The lowest BCUT2D eigenvalue weighted by Gasteiger charge is -2.40. The number of esters is 1. The van der Waals surface area contributed by atoms with Crippen LogP contribution in [-0.4, -0.2) is 100 Å². The second kappa shape index (κ2) is 52.9. The van der Waals surface area contributed by atoms with Crippen LogP contribution in [0.15, 0.2) is 85.1 Å². The minimum absolute atomic E-state index is 0.0652. The van der Waals surface area contributed by atoms with E-state index < -0.39 is 49.5 Å². The van der Waals surface area contributed by atoms with E-state index in [-0.39, 0.29) is 18.5 Å². The number of hydrogen-bond donors (Lipinski definition) is 6. The Morgan fingerprint density at radius 1 is 0.493 bits per heavy atom. The molecule has 0 aromatic heterocycles. The molecule has 0 radical (unpaired) electrons. The number of unbranched alkanes of at least 4 members (excludes halogenated alkanes) is 25. The zero-order valence-electron chi connectivity index (χ0n) is 47.5. The number of allylic oxidation sites excluding steroid dienone is 12. The Balaban J connectivity index is 2.09. The molecule has 6 N–H and O–H groups in total. The highest BCUT2D eigenvalue weighted by molar-refractivity contribution is 5.76. The number of nitrogens with one attached hydrogen (secondary N) is 1. The van der Waals surface area contributed by atoms with Crippen LogP contribution in [0.25, 0.3) is 0 Å². The Morgan fingerprint density at radius 2 is 0.907 bits per heavy atom. The van der Waals surface area contributed by atoms with E-state index >= 15 is 0 Å². The number of hydrogen-bond acceptors (Lipinski definition) is 10. The molecule has 432 valence electrons. The number of amides is 1. The Kier molecular flexibility index (Phi) is 49.2. The van der Waals surface area contributed by atoms with E-state index in [2.05, 4.69) is 92.1 Å². The molecule has 0 aromatic carbocycles. The minimum Gasteiger partial charge on any atom is -0.465 e. The van der Waals surface area contributed by atoms with Crippen LogP contribution in [0.5, 0.6) is 0 Å². The lowest BCUT2D eigenvalue weighted by Crippen LogP contribution is -2.60. The summed E-state index contributed by atoms with van der Waals surface area (Å²) in [7, 11) is 0. The van der Waals surface area contributed by atoms with Gasteiger partial charge in [0.05, 0.1) is 32.0 Å². The summed E-state index contributed by atoms with van der Waals surface area (Å²) in [6.45, 7) is 4.10. The van der Waals surface area contributed by atoms with Crippen molar-refractivity contribution in [1.29, 1.82) is 0 Å². The number of carbonyl (C=O) groups is 2. The van der Waals surface area contributed by atoms with Gasteiger partial charge in [-0.25, -0.2) is 0 Å². The fourth-order valence-electron chi connectivity index (χ4n) is 8.84. The van der Waals surface area contributed by atoms with E-state index in [4.69, 9.17) is 14.2 Å². The van der Waals surface area contributed by atoms with Crippen LogP contribution in [0.4, 0.5) is 0 Å². The Bertz CT molecular complexity index is 1520. The van der Waals surface area contributed by atoms with Crippen molar-refractivity contribution in [3.05, 3.63) is 85.1 Å². The first kappa shape index (κ1) is 69.9. The molecule has 0 saturated carbocycles. The largest absolute Gasteiger partial charge is 0.465 e. The third kappa shape index (κ3) is 42.5. The highest BCUT2D eigenvalue weighted by Crippen LogP contribution is 2.23. The highest BCUT2D eigenvalue weighted by atomic mass is 16.7. The maximum Gasteiger partial charge on any atom is 0.305 e. The molecular formula is C64H111NO10. The average molecular weight is 1050 g/mol. The molecule has 7 atom stereocenters. The lowest BCUT2D eigenvalue weighted by molar-refractivity contribution is -0.302. The van der Waals surface area contributed by atoms with Crippen LogP contribution in [-0.2, 0) is 23.8 Å². The summed E-state index contributed by atoms with van der Waals surface area (Å²) in [5, 5.41) is 54.3. The monoisotopic (exact) mass is 1050 g/mol. The van der Waals surface area contributed by atoms with Crippen LogP contribution in [0.1, 0.15) is 245 Å². The van der Waals surface area contributed by atoms with Gasteiger partial charge in [0.25, 0.3) is 0 Å². The second-order valence-corrected chi connectivity index (χ2v) is 20.7. The van der Waals surface area contributed by atoms with Crippen molar-refractivity contribution in [2.75, 3.05) is 19.8 Å². The molecule has 1 heterocycles. The zero-order chi connectivity index (χ0) is 54.5. The van der Waals surface area contributed by atoms with Crippen molar-refractivity contribution in [1.82, 2.24) is 5.32 Å². The predicted octanol–water partition coefficient (Wildman–Crippen LogP) is 14.2. The predicted molar refractivity (Wildman–Crippen MR) is 310 cm³/mol. The van der Waals surface area contributed by atoms with Crippen LogP contribution in [0.2, 0.25) is 0 Å². The zero-order valence-corrected chi connectivity index (χ0v) is 47.5. The number of carbonyl (C=O) groups excluding carboxylic acids is 2. The summed E-state index contributed by atoms with van der Waals surface area (Å²) in [6.07, 6.45) is 61.2. The van der Waals surface area contributed by atoms with E-state index in [1.54, 1.807) is 6.08 Å². The van der Waals surface area contributed by atoms with Gasteiger partial charge in [-0.3, -0.25) is 9.59 Å². The smallest absolute Gasteiger partial charge is 0.305 e. The van der Waals surface area contributed by atoms with Gasteiger partial charge >= 0.3 is 5.97 Å². The van der Waals surface area contributed by atoms with Crippen molar-refractivity contribution in [2.45, 2.75) is 288 Å². The molecule has 0 aromatic rings. The van der Waals surface area contributed by atoms with Gasteiger partial charge in [-0.2, -0.15) is 0 Å². The first-order valence-electron chi connectivity index (χ1n) is 30.4. The van der Waals surface area contributed by atoms with E-state index in [1.165, 1.54) is 116 Å². The first-order valence-corrected chi connectivity index (χ1v) is 30.4. The first-order chi connectivity index (χ1) is 36.7. The molecule has 0 bridgehead atoms. The Labute approximate surface area is 457 Å². The van der Waals surface area contributed by atoms with Crippen LogP contribution < -0.4 is 5.32 Å². The minimum atomic E-state index is -1.58. The van der Waals surface area contributed by atoms with E-state index in [0.717, 1.165) is 103 Å². The normalized spacial score (nSPS) is 19.4. The fourth-order valence-corrected chi connectivity index (χ4v) is 8.84. The standard InChI is InChI=1S/C64H111NO10/c1-3-5-7-9-11-13-15-17-28-32-36-40-44-48-52-60(69)73-53-49-45-41-37-33-29-26-24-22-20-18-19-21-23-25-27-31-35-39-43-47-51-59(68)65-56(55-74-64-63(72)62(71)61(70)58(54-66)75-64)57(67)50-46-42-38-34-30-16-14-12-10-8-6-4-2/h9-12,15,17,29-30,33-34,41,45-46,50,56-58,61-64,66-67,70-72H,3-8,13-14,16,18-28,31-32,35-40,42-44,47-49,51-55H2,1-2H3,(H,65,68)/b11-9-,12-10+,17-15-,33-29-,34-30+,45-41-,50-46+. The quantitative estimate of drug-likeness (QED) is 0.0195. The number of aliphatic hydroxyl groups excluding tert-OH is 5. The molecule has 1 amide bonds. The van der Waals surface area contributed by atoms with Crippen LogP contribution in [0.3, 0.4) is 0 Å². The van der Waals surface area contributed by atoms with Crippen molar-refractivity contribution in [2.24, 2.45) is 0 Å². The van der Waals surface area contributed by atoms with E-state index in [9.17, 15) is 35.1 Å². The molecule has 1 aliphatic heterocycles. The average Bonchev–Trinajstić information content (AvgIpc) is 3.41. The van der Waals surface area contributed by atoms with Gasteiger partial charge in [0.2, 0.25) is 5.91 Å². The van der Waals surface area contributed by atoms with Gasteiger partial charge in [0.1, 0.15) is 24.4 Å². The molecule has 1 aliphatic rings. The van der Waals surface area contributed by atoms with Gasteiger partial charge in [0, 0.05) is 12.8 Å². The van der Waals surface area contributed by atoms with E-state index in [1.807, 2.05) is 6.08 Å². The third-order valence-corrected chi connectivity index (χ3v) is 13.7. The van der Waals surface area contributed by atoms with Gasteiger partial charge in [-0.05, 0) is 96.3 Å². The molecule has 1 fully saturated rings. The summed E-state index contributed by atoms with van der Waals surface area (Å²) < 4.78 is 16.6. The Morgan fingerprint density at radius 3 is 1.40 bits per heavy atom. The van der Waals surface area contributed by atoms with Crippen LogP contribution in [0, 0.1) is 0 Å². The number of ether oxygens (including phenoxy) is 3. The molecule has 1 rings (SSSR count). The maximum atomic E-state index is 13.0. The number of aliphatic hydroxyl groups is 5. The summed E-state index contributed by atoms with van der Waals surface area (Å²) in [6, 6.07) is -0.840. The molecule has 11 nitrogen and oxygen atoms in total. The molecule has 11 heteroatoms. The molecule has 1 saturated heterocycles. The molecule has 7 unspecified atom stereocenters. The topological polar surface area (TPSA) is 175 Å². The second-order valence-electron chi connectivity index (χ2n) is 20.7. The number of rotatable bonds is 51. The highest BCUT2D eigenvalue weighted by Gasteiger charge is 2.44. The Hall–Kier alpha value is -3.16. The summed E-state index contributed by atoms with van der Waals surface area (Å²) in [5.41, 5.74) is 0. The van der Waals surface area contributed by atoms with Gasteiger partial charge in [-0.1, -0.05) is 221 Å². The SMILES string of the molecule is CCCC/C=C\C/C=C\CCCCCCCC(=O)OCC/C=C\C/C=C\CCCCCCCCCCCCCCCCC(=O)NC(COC1OC(CO)C(O)C(O)C1O)C(O)/C=C/CC/C=C/CC/C=C/CCCC. The molecule has 0 spiro atoms. The van der Waals surface area contributed by atoms with Crippen molar-refractivity contribution in [3.8, 4) is 0 Å².